The summed E-state index contributed by atoms with van der Waals surface area (Å²) in [6.45, 7) is 2.64. The quantitative estimate of drug-likeness (QED) is 0.927. The van der Waals surface area contributed by atoms with E-state index in [1.54, 1.807) is 18.0 Å². The molecule has 0 unspecified atom stereocenters. The number of hydrogen-bond acceptors (Lipinski definition) is 3. The second-order valence-electron chi connectivity index (χ2n) is 3.73. The predicted molar refractivity (Wildman–Crippen MR) is 74.5 cm³/mol. The van der Waals surface area contributed by atoms with E-state index in [0.717, 1.165) is 21.5 Å². The molecule has 0 saturated heterocycles. The molecule has 0 aliphatic rings. The number of nitrogens with two attached hydrogens (primary N) is 1. The summed E-state index contributed by atoms with van der Waals surface area (Å²) in [7, 11) is 0. The second kappa shape index (κ2) is 5.76. The van der Waals surface area contributed by atoms with E-state index in [1.165, 1.54) is 10.5 Å². The largest absolute Gasteiger partial charge is 0.468 e. The molecule has 0 aliphatic carbocycles. The summed E-state index contributed by atoms with van der Waals surface area (Å²) in [6.07, 6.45) is 2.61. The maximum atomic E-state index is 5.64. The Morgan fingerprint density at radius 3 is 2.76 bits per heavy atom. The Hall–Kier alpha value is -0.710. The van der Waals surface area contributed by atoms with Crippen molar-refractivity contribution in [2.75, 3.05) is 6.54 Å². The molecule has 0 spiro atoms. The van der Waals surface area contributed by atoms with Crippen LogP contribution >= 0.6 is 27.7 Å². The molecule has 0 radical (unpaired) electrons. The van der Waals surface area contributed by atoms with Gasteiger partial charge in [0.05, 0.1) is 11.2 Å². The summed E-state index contributed by atoms with van der Waals surface area (Å²) in [5.41, 5.74) is 6.91. The Kier molecular flexibility index (Phi) is 4.31. The summed E-state index contributed by atoms with van der Waals surface area (Å²) >= 11 is 5.22. The highest BCUT2D eigenvalue weighted by Crippen LogP contribution is 2.34. The molecule has 0 amide bonds. The third kappa shape index (κ3) is 3.15. The van der Waals surface area contributed by atoms with Crippen molar-refractivity contribution in [2.45, 2.75) is 23.1 Å². The van der Waals surface area contributed by atoms with Crippen LogP contribution in [0.25, 0.3) is 0 Å². The fraction of sp³-hybridized carbons (Fsp3) is 0.231. The maximum absolute atomic E-state index is 5.64. The van der Waals surface area contributed by atoms with Gasteiger partial charge in [-0.05, 0) is 49.7 Å². The lowest BCUT2D eigenvalue weighted by Gasteiger charge is -2.08. The summed E-state index contributed by atoms with van der Waals surface area (Å²) in [5.74, 6) is 0.955. The highest BCUT2D eigenvalue weighted by molar-refractivity contribution is 9.10. The van der Waals surface area contributed by atoms with Gasteiger partial charge in [0.15, 0.2) is 0 Å². The van der Waals surface area contributed by atoms with Crippen LogP contribution in [-0.4, -0.2) is 6.54 Å². The molecule has 1 heterocycles. The van der Waals surface area contributed by atoms with Crippen molar-refractivity contribution in [3.63, 3.8) is 0 Å². The minimum Gasteiger partial charge on any atom is -0.468 e. The van der Waals surface area contributed by atoms with Crippen LogP contribution in [0.1, 0.15) is 11.3 Å². The SMILES string of the molecule is Cc1occc1Sc1ccc(Br)cc1CCN. The zero-order valence-corrected chi connectivity index (χ0v) is 12.0. The first-order valence-electron chi connectivity index (χ1n) is 5.41. The fourth-order valence-corrected chi connectivity index (χ4v) is 2.99. The molecule has 1 aromatic heterocycles. The van der Waals surface area contributed by atoms with Gasteiger partial charge in [-0.2, -0.15) is 0 Å². The molecule has 1 aromatic carbocycles. The molecule has 17 heavy (non-hydrogen) atoms. The lowest BCUT2D eigenvalue weighted by Crippen LogP contribution is -2.03. The summed E-state index contributed by atoms with van der Waals surface area (Å²) in [4.78, 5) is 2.40. The smallest absolute Gasteiger partial charge is 0.114 e. The van der Waals surface area contributed by atoms with Crippen LogP contribution in [0.3, 0.4) is 0 Å². The number of halogens is 1. The van der Waals surface area contributed by atoms with Gasteiger partial charge < -0.3 is 10.2 Å². The monoisotopic (exact) mass is 311 g/mol. The van der Waals surface area contributed by atoms with Crippen LogP contribution in [0.4, 0.5) is 0 Å². The highest BCUT2D eigenvalue weighted by Gasteiger charge is 2.08. The van der Waals surface area contributed by atoms with Crippen LogP contribution in [-0.2, 0) is 6.42 Å². The van der Waals surface area contributed by atoms with Gasteiger partial charge in [-0.25, -0.2) is 0 Å². The van der Waals surface area contributed by atoms with Crippen molar-refractivity contribution in [3.8, 4) is 0 Å². The van der Waals surface area contributed by atoms with Crippen LogP contribution in [0, 0.1) is 6.92 Å². The number of furan rings is 1. The first kappa shape index (κ1) is 12.7. The Morgan fingerprint density at radius 2 is 2.12 bits per heavy atom. The van der Waals surface area contributed by atoms with E-state index in [2.05, 4.69) is 34.1 Å². The van der Waals surface area contributed by atoms with Crippen molar-refractivity contribution in [3.05, 3.63) is 46.3 Å². The Balaban J connectivity index is 2.29. The number of benzene rings is 1. The predicted octanol–water partition coefficient (Wildman–Crippen LogP) is 4.00. The zero-order valence-electron chi connectivity index (χ0n) is 9.57. The molecule has 0 bridgehead atoms. The van der Waals surface area contributed by atoms with Crippen molar-refractivity contribution >= 4 is 27.7 Å². The maximum Gasteiger partial charge on any atom is 0.114 e. The molecule has 0 fully saturated rings. The van der Waals surface area contributed by atoms with E-state index in [1.807, 2.05) is 13.0 Å². The standard InChI is InChI=1S/C13H14BrNOS/c1-9-12(5-7-16-9)17-13-3-2-11(14)8-10(13)4-6-15/h2-3,5,7-8H,4,6,15H2,1H3. The van der Waals surface area contributed by atoms with Crippen molar-refractivity contribution < 1.29 is 4.42 Å². The molecule has 2 N–H and O–H groups in total. The van der Waals surface area contributed by atoms with Crippen LogP contribution < -0.4 is 5.73 Å². The Morgan fingerprint density at radius 1 is 1.29 bits per heavy atom. The van der Waals surface area contributed by atoms with Crippen LogP contribution in [0.15, 0.2) is 49.2 Å². The molecule has 0 saturated carbocycles. The molecule has 0 atom stereocenters. The highest BCUT2D eigenvalue weighted by atomic mass is 79.9. The van der Waals surface area contributed by atoms with E-state index in [9.17, 15) is 0 Å². The lowest BCUT2D eigenvalue weighted by molar-refractivity contribution is 0.527. The molecule has 0 aliphatic heterocycles. The van der Waals surface area contributed by atoms with Crippen molar-refractivity contribution in [1.29, 1.82) is 0 Å². The first-order chi connectivity index (χ1) is 8.20. The summed E-state index contributed by atoms with van der Waals surface area (Å²) in [5, 5.41) is 0. The molecule has 2 nitrogen and oxygen atoms in total. The van der Waals surface area contributed by atoms with Crippen molar-refractivity contribution in [2.24, 2.45) is 5.73 Å². The Bertz CT molecular complexity index is 510. The van der Waals surface area contributed by atoms with E-state index < -0.39 is 0 Å². The number of hydrogen-bond donors (Lipinski definition) is 1. The van der Waals surface area contributed by atoms with Crippen molar-refractivity contribution in [1.82, 2.24) is 0 Å². The van der Waals surface area contributed by atoms with Gasteiger partial charge in [-0.1, -0.05) is 27.7 Å². The van der Waals surface area contributed by atoms with Gasteiger partial charge in [0.2, 0.25) is 0 Å². The average molecular weight is 312 g/mol. The van der Waals surface area contributed by atoms with Gasteiger partial charge in [-0.3, -0.25) is 0 Å². The van der Waals surface area contributed by atoms with E-state index >= 15 is 0 Å². The molecule has 2 rings (SSSR count). The van der Waals surface area contributed by atoms with E-state index in [4.69, 9.17) is 10.2 Å². The molecule has 90 valence electrons. The molecule has 2 aromatic rings. The van der Waals surface area contributed by atoms with Gasteiger partial charge >= 0.3 is 0 Å². The first-order valence-corrected chi connectivity index (χ1v) is 7.02. The van der Waals surface area contributed by atoms with Gasteiger partial charge in [0, 0.05) is 9.37 Å². The van der Waals surface area contributed by atoms with Gasteiger partial charge in [0.25, 0.3) is 0 Å². The van der Waals surface area contributed by atoms with Gasteiger partial charge in [-0.15, -0.1) is 0 Å². The van der Waals surface area contributed by atoms with Crippen LogP contribution in [0.5, 0.6) is 0 Å². The normalized spacial score (nSPS) is 10.8. The third-order valence-corrected chi connectivity index (χ3v) is 4.22. The molecule has 4 heteroatoms. The zero-order chi connectivity index (χ0) is 12.3. The fourth-order valence-electron chi connectivity index (χ4n) is 1.60. The topological polar surface area (TPSA) is 39.2 Å². The number of rotatable bonds is 4. The van der Waals surface area contributed by atoms with E-state index in [-0.39, 0.29) is 0 Å². The van der Waals surface area contributed by atoms with Crippen LogP contribution in [0.2, 0.25) is 0 Å². The van der Waals surface area contributed by atoms with Gasteiger partial charge in [0.1, 0.15) is 5.76 Å². The molecular weight excluding hydrogens is 298 g/mol. The second-order valence-corrected chi connectivity index (χ2v) is 5.73. The summed E-state index contributed by atoms with van der Waals surface area (Å²) < 4.78 is 6.40. The summed E-state index contributed by atoms with van der Waals surface area (Å²) in [6, 6.07) is 8.29. The Labute approximate surface area is 114 Å². The molecular formula is C13H14BrNOS. The minimum atomic E-state index is 0.661. The number of aryl methyl sites for hydroxylation is 1. The van der Waals surface area contributed by atoms with E-state index in [0.29, 0.717) is 6.54 Å². The third-order valence-electron chi connectivity index (χ3n) is 2.47. The lowest BCUT2D eigenvalue weighted by atomic mass is 10.1. The minimum absolute atomic E-state index is 0.661. The average Bonchev–Trinajstić information content (AvgIpc) is 2.69.